The summed E-state index contributed by atoms with van der Waals surface area (Å²) in [6.45, 7) is 4.23. The number of amides is 1. The fraction of sp³-hybridized carbons (Fsp3) is 0.292. The summed E-state index contributed by atoms with van der Waals surface area (Å²) < 4.78 is 0. The number of halogens is 1. The molecule has 0 bridgehead atoms. The average molecular weight is 422 g/mol. The van der Waals surface area contributed by atoms with Crippen LogP contribution in [0.1, 0.15) is 36.4 Å². The van der Waals surface area contributed by atoms with E-state index in [-0.39, 0.29) is 18.1 Å². The van der Waals surface area contributed by atoms with Crippen LogP contribution in [-0.4, -0.2) is 21.0 Å². The van der Waals surface area contributed by atoms with Gasteiger partial charge in [-0.25, -0.2) is 9.97 Å². The number of aryl methyl sites for hydroxylation is 2. The Labute approximate surface area is 181 Å². The van der Waals surface area contributed by atoms with E-state index in [2.05, 4.69) is 19.2 Å². The summed E-state index contributed by atoms with van der Waals surface area (Å²) in [6, 6.07) is 12.6. The summed E-state index contributed by atoms with van der Waals surface area (Å²) in [5, 5.41) is 13.4. The zero-order valence-corrected chi connectivity index (χ0v) is 17.8. The predicted molar refractivity (Wildman–Crippen MR) is 119 cm³/mol. The van der Waals surface area contributed by atoms with Crippen LogP contribution in [0, 0.1) is 5.92 Å². The summed E-state index contributed by atoms with van der Waals surface area (Å²) in [7, 11) is 0. The lowest BCUT2D eigenvalue weighted by Crippen LogP contribution is -2.20. The van der Waals surface area contributed by atoms with E-state index in [0.29, 0.717) is 23.2 Å². The minimum absolute atomic E-state index is 0.127. The number of anilines is 1. The molecular formula is C24H24ClN3O2. The fourth-order valence-corrected chi connectivity index (χ4v) is 3.88. The number of aromatic hydroxyl groups is 1. The van der Waals surface area contributed by atoms with Crippen molar-refractivity contribution in [1.82, 2.24) is 9.97 Å². The molecule has 154 valence electrons. The second kappa shape index (κ2) is 8.44. The van der Waals surface area contributed by atoms with E-state index in [0.717, 1.165) is 46.6 Å². The quantitative estimate of drug-likeness (QED) is 0.609. The van der Waals surface area contributed by atoms with Gasteiger partial charge in [0.2, 0.25) is 5.91 Å². The van der Waals surface area contributed by atoms with Gasteiger partial charge >= 0.3 is 0 Å². The Morgan fingerprint density at radius 1 is 1.13 bits per heavy atom. The first-order chi connectivity index (χ1) is 14.4. The average Bonchev–Trinajstić information content (AvgIpc) is 2.69. The van der Waals surface area contributed by atoms with Gasteiger partial charge in [-0.2, -0.15) is 0 Å². The van der Waals surface area contributed by atoms with Crippen molar-refractivity contribution in [2.24, 2.45) is 5.92 Å². The third kappa shape index (κ3) is 4.46. The molecule has 0 spiro atoms. The number of aromatic nitrogens is 2. The van der Waals surface area contributed by atoms with Crippen molar-refractivity contribution in [2.45, 2.75) is 39.5 Å². The molecule has 6 heteroatoms. The van der Waals surface area contributed by atoms with Crippen LogP contribution in [0.5, 0.6) is 5.75 Å². The molecule has 2 N–H and O–H groups in total. The second-order valence-corrected chi connectivity index (χ2v) is 8.54. The SMILES string of the molecule is CC(C)Cc1nc2c(nc1NC(=O)Cc1ccc(Cl)cc1)CCc1cc(O)ccc1-2. The molecule has 1 amide bonds. The molecular weight excluding hydrogens is 398 g/mol. The fourth-order valence-electron chi connectivity index (χ4n) is 3.76. The minimum atomic E-state index is -0.127. The highest BCUT2D eigenvalue weighted by Crippen LogP contribution is 2.35. The van der Waals surface area contributed by atoms with Gasteiger partial charge in [0.1, 0.15) is 5.75 Å². The maximum absolute atomic E-state index is 12.7. The third-order valence-electron chi connectivity index (χ3n) is 5.15. The Morgan fingerprint density at radius 3 is 2.63 bits per heavy atom. The van der Waals surface area contributed by atoms with Crippen molar-refractivity contribution in [1.29, 1.82) is 0 Å². The van der Waals surface area contributed by atoms with Crippen molar-refractivity contribution in [3.05, 3.63) is 70.0 Å². The van der Waals surface area contributed by atoms with E-state index < -0.39 is 0 Å². The Balaban J connectivity index is 1.65. The number of carbonyl (C=O) groups is 1. The van der Waals surface area contributed by atoms with Gasteiger partial charge in [0.25, 0.3) is 0 Å². The molecule has 1 aliphatic carbocycles. The molecule has 4 rings (SSSR count). The monoisotopic (exact) mass is 421 g/mol. The molecule has 1 aromatic heterocycles. The molecule has 0 atom stereocenters. The largest absolute Gasteiger partial charge is 0.508 e. The van der Waals surface area contributed by atoms with Gasteiger partial charge in [-0.05, 0) is 66.6 Å². The number of phenolic OH excluding ortho intramolecular Hbond substituents is 1. The van der Waals surface area contributed by atoms with Crippen LogP contribution < -0.4 is 5.32 Å². The summed E-state index contributed by atoms with van der Waals surface area (Å²) in [5.41, 5.74) is 5.48. The number of nitrogens with zero attached hydrogens (tertiary/aromatic N) is 2. The molecule has 0 aliphatic heterocycles. The van der Waals surface area contributed by atoms with E-state index in [1.807, 2.05) is 18.2 Å². The number of phenols is 1. The number of benzene rings is 2. The second-order valence-electron chi connectivity index (χ2n) is 8.11. The molecule has 3 aromatic rings. The first kappa shape index (κ1) is 20.4. The number of hydrogen-bond acceptors (Lipinski definition) is 4. The Hall–Kier alpha value is -2.92. The van der Waals surface area contributed by atoms with Crippen LogP contribution in [0.25, 0.3) is 11.3 Å². The summed E-state index contributed by atoms with van der Waals surface area (Å²) in [6.07, 6.45) is 2.47. The van der Waals surface area contributed by atoms with Crippen molar-refractivity contribution in [3.8, 4) is 17.0 Å². The van der Waals surface area contributed by atoms with Crippen LogP contribution in [0.2, 0.25) is 5.02 Å². The summed E-state index contributed by atoms with van der Waals surface area (Å²) >= 11 is 5.93. The normalized spacial score (nSPS) is 12.4. The van der Waals surface area contributed by atoms with Crippen molar-refractivity contribution in [3.63, 3.8) is 0 Å². The molecule has 0 radical (unpaired) electrons. The Kier molecular flexibility index (Phi) is 5.73. The van der Waals surface area contributed by atoms with Crippen molar-refractivity contribution < 1.29 is 9.90 Å². The van der Waals surface area contributed by atoms with E-state index in [4.69, 9.17) is 21.6 Å². The van der Waals surface area contributed by atoms with Crippen LogP contribution in [-0.2, 0) is 30.5 Å². The highest BCUT2D eigenvalue weighted by molar-refractivity contribution is 6.30. The smallest absolute Gasteiger partial charge is 0.229 e. The van der Waals surface area contributed by atoms with E-state index in [1.54, 1.807) is 24.3 Å². The highest BCUT2D eigenvalue weighted by atomic mass is 35.5. The lowest BCUT2D eigenvalue weighted by molar-refractivity contribution is -0.115. The molecule has 1 heterocycles. The van der Waals surface area contributed by atoms with Gasteiger partial charge in [-0.1, -0.05) is 37.6 Å². The number of nitrogens with one attached hydrogen (secondary N) is 1. The van der Waals surface area contributed by atoms with Gasteiger partial charge in [0.05, 0.1) is 23.5 Å². The van der Waals surface area contributed by atoms with E-state index in [1.165, 1.54) is 0 Å². The maximum Gasteiger partial charge on any atom is 0.229 e. The minimum Gasteiger partial charge on any atom is -0.508 e. The zero-order chi connectivity index (χ0) is 21.3. The van der Waals surface area contributed by atoms with Gasteiger partial charge in [-0.3, -0.25) is 4.79 Å². The van der Waals surface area contributed by atoms with Gasteiger partial charge in [-0.15, -0.1) is 0 Å². The standard InChI is InChI=1S/C24H24ClN3O2/c1-14(2)11-21-24(28-22(30)12-15-3-6-17(25)7-4-15)27-20-10-5-16-13-18(29)8-9-19(16)23(20)26-21/h3-4,6-9,13-14,29H,5,10-12H2,1-2H3,(H,27,28,30). The van der Waals surface area contributed by atoms with Crippen LogP contribution >= 0.6 is 11.6 Å². The van der Waals surface area contributed by atoms with E-state index >= 15 is 0 Å². The lowest BCUT2D eigenvalue weighted by Gasteiger charge is -2.21. The molecule has 0 saturated carbocycles. The maximum atomic E-state index is 12.7. The van der Waals surface area contributed by atoms with Crippen molar-refractivity contribution >= 4 is 23.3 Å². The zero-order valence-electron chi connectivity index (χ0n) is 17.1. The molecule has 5 nitrogen and oxygen atoms in total. The predicted octanol–water partition coefficient (Wildman–Crippen LogP) is 4.98. The van der Waals surface area contributed by atoms with Gasteiger partial charge < -0.3 is 10.4 Å². The third-order valence-corrected chi connectivity index (χ3v) is 5.40. The topological polar surface area (TPSA) is 75.1 Å². The molecule has 30 heavy (non-hydrogen) atoms. The Morgan fingerprint density at radius 2 is 1.90 bits per heavy atom. The summed E-state index contributed by atoms with van der Waals surface area (Å²) in [5.74, 6) is 1.05. The number of hydrogen-bond donors (Lipinski definition) is 2. The Bertz CT molecular complexity index is 1090. The number of carbonyl (C=O) groups excluding carboxylic acids is 1. The van der Waals surface area contributed by atoms with Gasteiger partial charge in [0.15, 0.2) is 5.82 Å². The molecule has 2 aromatic carbocycles. The van der Waals surface area contributed by atoms with Crippen molar-refractivity contribution in [2.75, 3.05) is 5.32 Å². The first-order valence-electron chi connectivity index (χ1n) is 10.2. The summed E-state index contributed by atoms with van der Waals surface area (Å²) in [4.78, 5) is 22.4. The first-order valence-corrected chi connectivity index (χ1v) is 10.5. The van der Waals surface area contributed by atoms with Crippen LogP contribution in [0.15, 0.2) is 42.5 Å². The van der Waals surface area contributed by atoms with Gasteiger partial charge in [0, 0.05) is 10.6 Å². The molecule has 1 aliphatic rings. The van der Waals surface area contributed by atoms with Crippen LogP contribution in [0.4, 0.5) is 5.82 Å². The molecule has 0 saturated heterocycles. The molecule has 0 fully saturated rings. The van der Waals surface area contributed by atoms with E-state index in [9.17, 15) is 9.90 Å². The highest BCUT2D eigenvalue weighted by Gasteiger charge is 2.23. The van der Waals surface area contributed by atoms with Crippen LogP contribution in [0.3, 0.4) is 0 Å². The number of rotatable bonds is 5. The number of fused-ring (bicyclic) bond motifs is 3. The molecule has 0 unspecified atom stereocenters. The lowest BCUT2D eigenvalue weighted by atomic mass is 9.91.